The van der Waals surface area contributed by atoms with Gasteiger partial charge >= 0.3 is 0 Å². The molecule has 27 heavy (non-hydrogen) atoms. The Morgan fingerprint density at radius 2 is 2.04 bits per heavy atom. The minimum atomic E-state index is -0.331. The Balaban J connectivity index is 1.32. The number of hydrogen-bond acceptors (Lipinski definition) is 7. The van der Waals surface area contributed by atoms with Crippen molar-refractivity contribution in [1.82, 2.24) is 19.4 Å². The summed E-state index contributed by atoms with van der Waals surface area (Å²) in [7, 11) is 0. The maximum Gasteiger partial charge on any atom is 0.258 e. The van der Waals surface area contributed by atoms with Gasteiger partial charge in [-0.15, -0.1) is 11.3 Å². The summed E-state index contributed by atoms with van der Waals surface area (Å²) < 4.78 is 20.3. The van der Waals surface area contributed by atoms with Crippen molar-refractivity contribution in [3.63, 3.8) is 0 Å². The highest BCUT2D eigenvalue weighted by Gasteiger charge is 2.22. The van der Waals surface area contributed by atoms with Crippen LogP contribution in [0, 0.1) is 5.82 Å². The summed E-state index contributed by atoms with van der Waals surface area (Å²) in [6.45, 7) is 3.94. The molecule has 7 nitrogen and oxygen atoms in total. The van der Waals surface area contributed by atoms with E-state index in [2.05, 4.69) is 19.9 Å². The van der Waals surface area contributed by atoms with Crippen molar-refractivity contribution in [1.29, 1.82) is 0 Å². The molecular weight excluding hydrogens is 369 g/mol. The Morgan fingerprint density at radius 1 is 1.19 bits per heavy atom. The van der Waals surface area contributed by atoms with Crippen LogP contribution in [0.5, 0.6) is 0 Å². The number of anilines is 1. The monoisotopic (exact) mass is 385 g/mol. The molecule has 0 N–H and O–H groups in total. The molecule has 0 bridgehead atoms. The van der Waals surface area contributed by atoms with Crippen molar-refractivity contribution in [2.24, 2.45) is 0 Å². The van der Waals surface area contributed by atoms with Gasteiger partial charge in [-0.2, -0.15) is 0 Å². The van der Waals surface area contributed by atoms with Crippen LogP contribution < -0.4 is 10.5 Å². The fraction of sp³-hybridized carbons (Fsp3) is 0.278. The zero-order valence-corrected chi connectivity index (χ0v) is 15.2. The lowest BCUT2D eigenvalue weighted by Crippen LogP contribution is -2.46. The maximum atomic E-state index is 13.3. The van der Waals surface area contributed by atoms with Crippen LogP contribution in [-0.2, 0) is 6.54 Å². The van der Waals surface area contributed by atoms with E-state index in [1.54, 1.807) is 16.7 Å². The summed E-state index contributed by atoms with van der Waals surface area (Å²) >= 11 is 1.48. The molecule has 0 aliphatic carbocycles. The van der Waals surface area contributed by atoms with Crippen molar-refractivity contribution >= 4 is 33.1 Å². The summed E-state index contributed by atoms with van der Waals surface area (Å²) in [6.07, 6.45) is 1.55. The number of thiazole rings is 1. The molecule has 1 aromatic carbocycles. The Morgan fingerprint density at radius 3 is 2.89 bits per heavy atom. The van der Waals surface area contributed by atoms with E-state index >= 15 is 0 Å². The van der Waals surface area contributed by atoms with Gasteiger partial charge in [-0.25, -0.2) is 9.37 Å². The van der Waals surface area contributed by atoms with Crippen LogP contribution in [0.25, 0.3) is 15.9 Å². The number of rotatable bonds is 3. The number of aromatic nitrogens is 3. The lowest BCUT2D eigenvalue weighted by atomic mass is 10.2. The van der Waals surface area contributed by atoms with Crippen molar-refractivity contribution in [3.8, 4) is 0 Å². The van der Waals surface area contributed by atoms with Crippen LogP contribution in [-0.4, -0.2) is 45.6 Å². The molecule has 138 valence electrons. The summed E-state index contributed by atoms with van der Waals surface area (Å²) in [5, 5.41) is 6.95. The molecule has 0 radical (unpaired) electrons. The molecule has 1 aliphatic rings. The van der Waals surface area contributed by atoms with Crippen LogP contribution in [0.4, 0.5) is 10.2 Å². The van der Waals surface area contributed by atoms with Gasteiger partial charge in [0.1, 0.15) is 5.82 Å². The van der Waals surface area contributed by atoms with Gasteiger partial charge in [0.2, 0.25) is 0 Å². The average molecular weight is 385 g/mol. The normalized spacial score (nSPS) is 15.8. The van der Waals surface area contributed by atoms with Gasteiger partial charge < -0.3 is 9.42 Å². The largest absolute Gasteiger partial charge is 0.354 e. The number of nitrogens with zero attached hydrogens (tertiary/aromatic N) is 5. The van der Waals surface area contributed by atoms with Crippen LogP contribution >= 0.6 is 11.3 Å². The summed E-state index contributed by atoms with van der Waals surface area (Å²) in [6, 6.07) is 5.97. The first-order chi connectivity index (χ1) is 13.2. The topological polar surface area (TPSA) is 66.9 Å². The van der Waals surface area contributed by atoms with Gasteiger partial charge in [0.25, 0.3) is 5.56 Å². The van der Waals surface area contributed by atoms with Crippen LogP contribution in [0.3, 0.4) is 0 Å². The molecule has 1 aliphatic heterocycles. The highest BCUT2D eigenvalue weighted by Crippen LogP contribution is 2.27. The minimum Gasteiger partial charge on any atom is -0.354 e. The predicted molar refractivity (Wildman–Crippen MR) is 101 cm³/mol. The van der Waals surface area contributed by atoms with E-state index in [9.17, 15) is 9.18 Å². The van der Waals surface area contributed by atoms with Crippen molar-refractivity contribution in [2.75, 3.05) is 31.1 Å². The first-order valence-electron chi connectivity index (χ1n) is 8.65. The average Bonchev–Trinajstić information content (AvgIpc) is 3.27. The second-order valence-corrected chi connectivity index (χ2v) is 7.37. The molecular formula is C18H16FN5O2S. The number of hydrogen-bond donors (Lipinski definition) is 0. The standard InChI is InChI=1S/C18H16FN5O2S/c19-12-1-2-14-15(9-12)26-21-17(14)23-7-5-22(6-8-23)10-13-11-27-18-20-4-3-16(25)24(13)18/h1-4,9,11H,5-8,10H2. The first-order valence-corrected chi connectivity index (χ1v) is 9.53. The van der Waals surface area contributed by atoms with Crippen LogP contribution in [0.15, 0.2) is 45.2 Å². The lowest BCUT2D eigenvalue weighted by Gasteiger charge is -2.34. The van der Waals surface area contributed by atoms with Gasteiger partial charge in [0.05, 0.1) is 11.1 Å². The third kappa shape index (κ3) is 2.88. The molecule has 1 saturated heterocycles. The second-order valence-electron chi connectivity index (χ2n) is 6.54. The zero-order chi connectivity index (χ0) is 18.4. The molecule has 9 heteroatoms. The summed E-state index contributed by atoms with van der Waals surface area (Å²) in [5.74, 6) is 0.425. The van der Waals surface area contributed by atoms with E-state index in [-0.39, 0.29) is 11.4 Å². The summed E-state index contributed by atoms with van der Waals surface area (Å²) in [5.41, 5.74) is 1.38. The second kappa shape index (κ2) is 6.43. The van der Waals surface area contributed by atoms with Crippen LogP contribution in [0.1, 0.15) is 5.69 Å². The molecule has 0 unspecified atom stereocenters. The number of fused-ring (bicyclic) bond motifs is 2. The van der Waals surface area contributed by atoms with E-state index in [4.69, 9.17) is 4.52 Å². The van der Waals surface area contributed by atoms with Gasteiger partial charge in [-0.3, -0.25) is 14.1 Å². The fourth-order valence-corrected chi connectivity index (χ4v) is 4.35. The molecule has 0 amide bonds. The lowest BCUT2D eigenvalue weighted by molar-refractivity contribution is 0.245. The molecule has 4 aromatic rings. The predicted octanol–water partition coefficient (Wildman–Crippen LogP) is 2.36. The van der Waals surface area contributed by atoms with Crippen molar-refractivity contribution in [2.45, 2.75) is 6.54 Å². The van der Waals surface area contributed by atoms with E-state index in [1.807, 2.05) is 5.38 Å². The third-order valence-electron chi connectivity index (χ3n) is 4.87. The number of benzene rings is 1. The van der Waals surface area contributed by atoms with E-state index < -0.39 is 0 Å². The smallest absolute Gasteiger partial charge is 0.258 e. The minimum absolute atomic E-state index is 0.0452. The molecule has 0 saturated carbocycles. The summed E-state index contributed by atoms with van der Waals surface area (Å²) in [4.78, 5) is 21.5. The van der Waals surface area contributed by atoms with Gasteiger partial charge in [-0.05, 0) is 12.1 Å². The van der Waals surface area contributed by atoms with Gasteiger partial charge in [0, 0.05) is 56.4 Å². The van der Waals surface area contributed by atoms with E-state index in [0.29, 0.717) is 12.1 Å². The van der Waals surface area contributed by atoms with Gasteiger partial charge in [0.15, 0.2) is 16.4 Å². The SMILES string of the molecule is O=c1ccnc2scc(CN3CCN(c4noc5cc(F)ccc45)CC3)n12. The molecule has 1 fully saturated rings. The molecule has 3 aromatic heterocycles. The third-order valence-corrected chi connectivity index (χ3v) is 5.76. The molecule has 4 heterocycles. The maximum absolute atomic E-state index is 13.3. The van der Waals surface area contributed by atoms with Crippen LogP contribution in [0.2, 0.25) is 0 Å². The molecule has 0 spiro atoms. The first kappa shape index (κ1) is 16.4. The zero-order valence-electron chi connectivity index (χ0n) is 14.3. The van der Waals surface area contributed by atoms with Crippen molar-refractivity contribution < 1.29 is 8.91 Å². The fourth-order valence-electron chi connectivity index (χ4n) is 3.49. The highest BCUT2D eigenvalue weighted by molar-refractivity contribution is 7.15. The Labute approximate surface area is 157 Å². The quantitative estimate of drug-likeness (QED) is 0.539. The molecule has 0 atom stereocenters. The van der Waals surface area contributed by atoms with Gasteiger partial charge in [-0.1, -0.05) is 5.16 Å². The number of halogens is 1. The van der Waals surface area contributed by atoms with Crippen molar-refractivity contribution in [3.05, 3.63) is 57.7 Å². The Hall–Kier alpha value is -2.78. The van der Waals surface area contributed by atoms with E-state index in [0.717, 1.165) is 48.0 Å². The Bertz CT molecular complexity index is 1180. The number of piperazine rings is 1. The highest BCUT2D eigenvalue weighted by atomic mass is 32.1. The van der Waals surface area contributed by atoms with E-state index in [1.165, 1.54) is 29.5 Å². The molecule has 5 rings (SSSR count). The Kier molecular flexibility index (Phi) is 3.91.